The molecular formula is C15H25NO. The molecule has 1 aromatic carbocycles. The maximum atomic E-state index is 10.3. The molecule has 0 aromatic heterocycles. The average molecular weight is 235 g/mol. The Morgan fingerprint density at radius 1 is 1.18 bits per heavy atom. The number of hydrogen-bond acceptors (Lipinski definition) is 2. The average Bonchev–Trinajstić information content (AvgIpc) is 2.39. The summed E-state index contributed by atoms with van der Waals surface area (Å²) in [4.78, 5) is 2.35. The van der Waals surface area contributed by atoms with Gasteiger partial charge in [0.15, 0.2) is 0 Å². The summed E-state index contributed by atoms with van der Waals surface area (Å²) >= 11 is 0. The van der Waals surface area contributed by atoms with Crippen LogP contribution in [0.4, 0.5) is 0 Å². The molecule has 17 heavy (non-hydrogen) atoms. The highest BCUT2D eigenvalue weighted by Crippen LogP contribution is 2.20. The topological polar surface area (TPSA) is 23.5 Å². The van der Waals surface area contributed by atoms with Gasteiger partial charge in [-0.05, 0) is 32.0 Å². The van der Waals surface area contributed by atoms with Crippen molar-refractivity contribution in [2.45, 2.75) is 45.8 Å². The molecule has 0 bridgehead atoms. The van der Waals surface area contributed by atoms with Crippen molar-refractivity contribution in [3.8, 4) is 0 Å². The van der Waals surface area contributed by atoms with E-state index in [0.717, 1.165) is 18.7 Å². The van der Waals surface area contributed by atoms with Gasteiger partial charge < -0.3 is 5.11 Å². The lowest BCUT2D eigenvalue weighted by molar-refractivity contribution is 0.0599. The van der Waals surface area contributed by atoms with Crippen molar-refractivity contribution in [2.24, 2.45) is 0 Å². The lowest BCUT2D eigenvalue weighted by Gasteiger charge is -2.31. The summed E-state index contributed by atoms with van der Waals surface area (Å²) in [6.45, 7) is 8.52. The van der Waals surface area contributed by atoms with Crippen LogP contribution in [0.2, 0.25) is 0 Å². The van der Waals surface area contributed by atoms with Crippen molar-refractivity contribution < 1.29 is 5.11 Å². The molecule has 1 aromatic rings. The van der Waals surface area contributed by atoms with E-state index in [1.807, 2.05) is 30.3 Å². The largest absolute Gasteiger partial charge is 0.387 e. The van der Waals surface area contributed by atoms with Crippen LogP contribution in [0.5, 0.6) is 0 Å². The number of aliphatic hydroxyl groups is 1. The monoisotopic (exact) mass is 235 g/mol. The number of rotatable bonds is 7. The lowest BCUT2D eigenvalue weighted by atomic mass is 10.0. The molecule has 0 saturated carbocycles. The van der Waals surface area contributed by atoms with Crippen LogP contribution in [-0.2, 0) is 0 Å². The third kappa shape index (κ3) is 4.14. The summed E-state index contributed by atoms with van der Waals surface area (Å²) in [6.07, 6.45) is 2.00. The Morgan fingerprint density at radius 3 is 2.35 bits per heavy atom. The number of hydrogen-bond donors (Lipinski definition) is 1. The van der Waals surface area contributed by atoms with Crippen LogP contribution >= 0.6 is 0 Å². The minimum absolute atomic E-state index is 0.175. The number of likely N-dealkylation sites (N-methyl/N-ethyl adjacent to an activating group) is 1. The SMILES string of the molecule is CCCCN(CC)C(C)C(O)c1ccccc1. The Hall–Kier alpha value is -0.860. The first-order chi connectivity index (χ1) is 8.20. The number of aliphatic hydroxyl groups excluding tert-OH is 1. The van der Waals surface area contributed by atoms with Gasteiger partial charge in [0.25, 0.3) is 0 Å². The number of benzene rings is 1. The normalized spacial score (nSPS) is 14.9. The Bertz CT molecular complexity index is 299. The van der Waals surface area contributed by atoms with E-state index in [1.54, 1.807) is 0 Å². The molecule has 0 fully saturated rings. The zero-order chi connectivity index (χ0) is 12.7. The fraction of sp³-hybridized carbons (Fsp3) is 0.600. The van der Waals surface area contributed by atoms with Gasteiger partial charge in [-0.15, -0.1) is 0 Å². The molecule has 2 atom stereocenters. The van der Waals surface area contributed by atoms with Crippen LogP contribution < -0.4 is 0 Å². The summed E-state index contributed by atoms with van der Waals surface area (Å²) in [5, 5.41) is 10.3. The second-order valence-electron chi connectivity index (χ2n) is 4.58. The zero-order valence-electron chi connectivity index (χ0n) is 11.3. The molecule has 0 heterocycles. The summed E-state index contributed by atoms with van der Waals surface area (Å²) in [6, 6.07) is 10.1. The molecule has 96 valence electrons. The molecule has 0 saturated heterocycles. The van der Waals surface area contributed by atoms with Gasteiger partial charge in [-0.2, -0.15) is 0 Å². The van der Waals surface area contributed by atoms with Gasteiger partial charge in [0.1, 0.15) is 0 Å². The maximum absolute atomic E-state index is 10.3. The number of nitrogens with zero attached hydrogens (tertiary/aromatic N) is 1. The van der Waals surface area contributed by atoms with Gasteiger partial charge >= 0.3 is 0 Å². The summed E-state index contributed by atoms with van der Waals surface area (Å²) in [5.41, 5.74) is 1.01. The molecular weight excluding hydrogens is 210 g/mol. The van der Waals surface area contributed by atoms with Gasteiger partial charge in [0, 0.05) is 6.04 Å². The fourth-order valence-corrected chi connectivity index (χ4v) is 2.14. The van der Waals surface area contributed by atoms with Gasteiger partial charge in [-0.25, -0.2) is 0 Å². The van der Waals surface area contributed by atoms with E-state index in [9.17, 15) is 5.11 Å². The first-order valence-electron chi connectivity index (χ1n) is 6.67. The minimum Gasteiger partial charge on any atom is -0.387 e. The van der Waals surface area contributed by atoms with Gasteiger partial charge in [-0.3, -0.25) is 4.90 Å². The fourth-order valence-electron chi connectivity index (χ4n) is 2.14. The molecule has 0 amide bonds. The summed E-state index contributed by atoms with van der Waals surface area (Å²) in [7, 11) is 0. The molecule has 2 nitrogen and oxygen atoms in total. The van der Waals surface area contributed by atoms with Crippen molar-refractivity contribution in [1.82, 2.24) is 4.90 Å². The van der Waals surface area contributed by atoms with Crippen LogP contribution in [0, 0.1) is 0 Å². The molecule has 2 unspecified atom stereocenters. The first kappa shape index (κ1) is 14.2. The zero-order valence-corrected chi connectivity index (χ0v) is 11.3. The van der Waals surface area contributed by atoms with Crippen LogP contribution in [0.25, 0.3) is 0 Å². The molecule has 0 aliphatic rings. The highest BCUT2D eigenvalue weighted by Gasteiger charge is 2.21. The molecule has 2 heteroatoms. The molecule has 0 radical (unpaired) electrons. The van der Waals surface area contributed by atoms with E-state index >= 15 is 0 Å². The molecule has 0 aliphatic heterocycles. The Morgan fingerprint density at radius 2 is 1.82 bits per heavy atom. The van der Waals surface area contributed by atoms with E-state index in [4.69, 9.17) is 0 Å². The highest BCUT2D eigenvalue weighted by molar-refractivity contribution is 5.18. The van der Waals surface area contributed by atoms with Gasteiger partial charge in [0.05, 0.1) is 6.10 Å². The first-order valence-corrected chi connectivity index (χ1v) is 6.67. The van der Waals surface area contributed by atoms with Gasteiger partial charge in [0.2, 0.25) is 0 Å². The summed E-state index contributed by atoms with van der Waals surface area (Å²) < 4.78 is 0. The Kier molecular flexibility index (Phi) is 6.23. The van der Waals surface area contributed by atoms with Crippen LogP contribution in [0.3, 0.4) is 0 Å². The van der Waals surface area contributed by atoms with Crippen LogP contribution in [0.15, 0.2) is 30.3 Å². The summed E-state index contributed by atoms with van der Waals surface area (Å²) in [5.74, 6) is 0. The van der Waals surface area contributed by atoms with E-state index in [1.165, 1.54) is 12.8 Å². The quantitative estimate of drug-likeness (QED) is 0.784. The number of unbranched alkanes of at least 4 members (excludes halogenated alkanes) is 1. The second-order valence-corrected chi connectivity index (χ2v) is 4.58. The standard InChI is InChI=1S/C15H25NO/c1-4-6-12-16(5-2)13(3)15(17)14-10-8-7-9-11-14/h7-11,13,15,17H,4-6,12H2,1-3H3. The van der Waals surface area contributed by atoms with Crippen LogP contribution in [-0.4, -0.2) is 29.1 Å². The lowest BCUT2D eigenvalue weighted by Crippen LogP contribution is -2.38. The second kappa shape index (κ2) is 7.46. The van der Waals surface area contributed by atoms with Crippen molar-refractivity contribution >= 4 is 0 Å². The van der Waals surface area contributed by atoms with Crippen molar-refractivity contribution in [1.29, 1.82) is 0 Å². The van der Waals surface area contributed by atoms with Gasteiger partial charge in [-0.1, -0.05) is 50.6 Å². The third-order valence-corrected chi connectivity index (χ3v) is 3.38. The van der Waals surface area contributed by atoms with E-state index in [0.29, 0.717) is 0 Å². The molecule has 1 N–H and O–H groups in total. The van der Waals surface area contributed by atoms with E-state index in [2.05, 4.69) is 25.7 Å². The van der Waals surface area contributed by atoms with Crippen molar-refractivity contribution in [3.05, 3.63) is 35.9 Å². The van der Waals surface area contributed by atoms with Crippen LogP contribution in [0.1, 0.15) is 45.3 Å². The predicted molar refractivity (Wildman–Crippen MR) is 73.0 cm³/mol. The predicted octanol–water partition coefficient (Wildman–Crippen LogP) is 3.23. The Labute approximate surface area is 105 Å². The molecule has 1 rings (SSSR count). The maximum Gasteiger partial charge on any atom is 0.0942 e. The van der Waals surface area contributed by atoms with Crippen molar-refractivity contribution in [3.63, 3.8) is 0 Å². The highest BCUT2D eigenvalue weighted by atomic mass is 16.3. The van der Waals surface area contributed by atoms with E-state index in [-0.39, 0.29) is 6.04 Å². The minimum atomic E-state index is -0.395. The van der Waals surface area contributed by atoms with E-state index < -0.39 is 6.10 Å². The Balaban J connectivity index is 2.63. The third-order valence-electron chi connectivity index (χ3n) is 3.38. The molecule has 0 spiro atoms. The van der Waals surface area contributed by atoms with Crippen molar-refractivity contribution in [2.75, 3.05) is 13.1 Å². The smallest absolute Gasteiger partial charge is 0.0942 e. The molecule has 0 aliphatic carbocycles.